The minimum absolute atomic E-state index is 0.179. The zero-order chi connectivity index (χ0) is 19.2. The fourth-order valence-corrected chi connectivity index (χ4v) is 3.60. The number of carbonyl (C=O) groups is 1. The van der Waals surface area contributed by atoms with Gasteiger partial charge >= 0.3 is 0 Å². The molecule has 2 rings (SSSR count). The van der Waals surface area contributed by atoms with Gasteiger partial charge in [0.1, 0.15) is 0 Å². The first-order valence-corrected chi connectivity index (χ1v) is 10.8. The molecule has 1 heterocycles. The minimum Gasteiger partial charge on any atom is -0.379 e. The van der Waals surface area contributed by atoms with Crippen molar-refractivity contribution in [2.75, 3.05) is 46.0 Å². The smallest absolute Gasteiger partial charge is 0.220 e. The van der Waals surface area contributed by atoms with E-state index in [1.54, 1.807) is 0 Å². The largest absolute Gasteiger partial charge is 0.379 e. The summed E-state index contributed by atoms with van der Waals surface area (Å²) in [7, 11) is 0. The molecule has 156 valence electrons. The Kier molecular flexibility index (Phi) is 11.2. The molecule has 1 saturated heterocycles. The van der Waals surface area contributed by atoms with E-state index in [0.717, 1.165) is 45.1 Å². The second-order valence-corrected chi connectivity index (χ2v) is 7.46. The fraction of sp³-hybridized carbons (Fsp3) is 0.900. The number of nitrogens with one attached hydrogen (secondary N) is 3. The molecule has 1 unspecified atom stereocenters. The van der Waals surface area contributed by atoms with E-state index in [4.69, 9.17) is 9.47 Å². The van der Waals surface area contributed by atoms with E-state index in [-0.39, 0.29) is 12.0 Å². The van der Waals surface area contributed by atoms with Crippen molar-refractivity contribution in [1.29, 1.82) is 0 Å². The Morgan fingerprint density at radius 2 is 1.93 bits per heavy atom. The summed E-state index contributed by atoms with van der Waals surface area (Å²) in [6.07, 6.45) is 9.14. The predicted molar refractivity (Wildman–Crippen MR) is 108 cm³/mol. The standard InChI is InChI=1S/C20H38N4O3/c1-2-21-20(23-10-6-13-27-18-9-14-26-16-18)24-12-11-22-19(25)15-17-7-4-3-5-8-17/h17-18H,2-16H2,1H3,(H,22,25)(H2,21,23,24). The zero-order valence-electron chi connectivity index (χ0n) is 16.9. The lowest BCUT2D eigenvalue weighted by Gasteiger charge is -2.20. The molecule has 0 aromatic carbocycles. The molecule has 0 aromatic heterocycles. The van der Waals surface area contributed by atoms with E-state index >= 15 is 0 Å². The molecular formula is C20H38N4O3. The van der Waals surface area contributed by atoms with Gasteiger partial charge in [-0.1, -0.05) is 19.3 Å². The number of amides is 1. The zero-order valence-corrected chi connectivity index (χ0v) is 16.9. The van der Waals surface area contributed by atoms with Gasteiger partial charge < -0.3 is 25.4 Å². The number of hydrogen-bond acceptors (Lipinski definition) is 4. The molecule has 0 bridgehead atoms. The minimum atomic E-state index is 0.179. The van der Waals surface area contributed by atoms with Crippen molar-refractivity contribution < 1.29 is 14.3 Å². The highest BCUT2D eigenvalue weighted by molar-refractivity contribution is 5.80. The molecule has 2 fully saturated rings. The van der Waals surface area contributed by atoms with Gasteiger partial charge in [-0.25, -0.2) is 0 Å². The molecule has 1 atom stereocenters. The third-order valence-electron chi connectivity index (χ3n) is 5.10. The molecular weight excluding hydrogens is 344 g/mol. The van der Waals surface area contributed by atoms with Crippen LogP contribution in [0.4, 0.5) is 0 Å². The van der Waals surface area contributed by atoms with E-state index in [1.165, 1.54) is 32.1 Å². The van der Waals surface area contributed by atoms with Gasteiger partial charge in [-0.05, 0) is 38.5 Å². The summed E-state index contributed by atoms with van der Waals surface area (Å²) in [5.41, 5.74) is 0. The van der Waals surface area contributed by atoms with Crippen LogP contribution in [0.15, 0.2) is 4.99 Å². The molecule has 7 heteroatoms. The van der Waals surface area contributed by atoms with Crippen molar-refractivity contribution >= 4 is 11.9 Å². The molecule has 1 aliphatic carbocycles. The van der Waals surface area contributed by atoms with Crippen LogP contribution in [0.2, 0.25) is 0 Å². The first-order chi connectivity index (χ1) is 13.3. The summed E-state index contributed by atoms with van der Waals surface area (Å²) in [6, 6.07) is 0. The van der Waals surface area contributed by atoms with E-state index in [1.807, 2.05) is 6.92 Å². The highest BCUT2D eigenvalue weighted by Crippen LogP contribution is 2.25. The van der Waals surface area contributed by atoms with Gasteiger partial charge in [-0.3, -0.25) is 9.79 Å². The summed E-state index contributed by atoms with van der Waals surface area (Å²) in [5, 5.41) is 9.53. The Hall–Kier alpha value is -1.34. The van der Waals surface area contributed by atoms with Crippen LogP contribution < -0.4 is 16.0 Å². The summed E-state index contributed by atoms with van der Waals surface area (Å²) in [4.78, 5) is 16.6. The maximum Gasteiger partial charge on any atom is 0.220 e. The maximum atomic E-state index is 12.0. The van der Waals surface area contributed by atoms with Gasteiger partial charge in [0.2, 0.25) is 5.91 Å². The number of aliphatic imine (C=N–C) groups is 1. The lowest BCUT2D eigenvalue weighted by atomic mass is 9.87. The number of carbonyl (C=O) groups excluding carboxylic acids is 1. The van der Waals surface area contributed by atoms with Crippen molar-refractivity contribution in [2.24, 2.45) is 10.9 Å². The van der Waals surface area contributed by atoms with Crippen molar-refractivity contribution in [3.8, 4) is 0 Å². The average molecular weight is 383 g/mol. The van der Waals surface area contributed by atoms with Crippen LogP contribution in [0.3, 0.4) is 0 Å². The number of hydrogen-bond donors (Lipinski definition) is 3. The summed E-state index contributed by atoms with van der Waals surface area (Å²) in [6.45, 7) is 7.14. The first kappa shape index (κ1) is 22.0. The average Bonchev–Trinajstić information content (AvgIpc) is 3.19. The third kappa shape index (κ3) is 9.96. The molecule has 0 aromatic rings. The molecule has 1 amide bonds. The SMILES string of the molecule is CCNC(=NCCCOC1CCOC1)NCCNC(=O)CC1CCCCC1. The van der Waals surface area contributed by atoms with Gasteiger partial charge in [-0.2, -0.15) is 0 Å². The van der Waals surface area contributed by atoms with Crippen molar-refractivity contribution in [3.63, 3.8) is 0 Å². The van der Waals surface area contributed by atoms with E-state index in [9.17, 15) is 4.79 Å². The van der Waals surface area contributed by atoms with Gasteiger partial charge in [0.25, 0.3) is 0 Å². The quantitative estimate of drug-likeness (QED) is 0.288. The van der Waals surface area contributed by atoms with Crippen molar-refractivity contribution in [2.45, 2.75) is 64.4 Å². The summed E-state index contributed by atoms with van der Waals surface area (Å²) in [5.74, 6) is 1.56. The molecule has 0 spiro atoms. The van der Waals surface area contributed by atoms with Crippen LogP contribution in [0, 0.1) is 5.92 Å². The molecule has 1 aliphatic heterocycles. The summed E-state index contributed by atoms with van der Waals surface area (Å²) >= 11 is 0. The molecule has 27 heavy (non-hydrogen) atoms. The van der Waals surface area contributed by atoms with Crippen LogP contribution >= 0.6 is 0 Å². The van der Waals surface area contributed by atoms with Crippen molar-refractivity contribution in [3.05, 3.63) is 0 Å². The molecule has 3 N–H and O–H groups in total. The Morgan fingerprint density at radius 1 is 1.11 bits per heavy atom. The van der Waals surface area contributed by atoms with E-state index in [0.29, 0.717) is 32.0 Å². The molecule has 2 aliphatic rings. The van der Waals surface area contributed by atoms with E-state index in [2.05, 4.69) is 20.9 Å². The normalized spacial score (nSPS) is 21.2. The monoisotopic (exact) mass is 382 g/mol. The third-order valence-corrected chi connectivity index (χ3v) is 5.10. The van der Waals surface area contributed by atoms with Crippen LogP contribution in [0.25, 0.3) is 0 Å². The van der Waals surface area contributed by atoms with Crippen LogP contribution in [0.1, 0.15) is 58.3 Å². The van der Waals surface area contributed by atoms with Crippen LogP contribution in [0.5, 0.6) is 0 Å². The Labute approximate surface area is 164 Å². The van der Waals surface area contributed by atoms with Gasteiger partial charge in [-0.15, -0.1) is 0 Å². The Bertz CT molecular complexity index is 433. The van der Waals surface area contributed by atoms with Gasteiger partial charge in [0, 0.05) is 45.8 Å². The van der Waals surface area contributed by atoms with Crippen molar-refractivity contribution in [1.82, 2.24) is 16.0 Å². The van der Waals surface area contributed by atoms with Crippen LogP contribution in [-0.4, -0.2) is 64.0 Å². The lowest BCUT2D eigenvalue weighted by molar-refractivity contribution is -0.122. The topological polar surface area (TPSA) is 84.0 Å². The Morgan fingerprint density at radius 3 is 2.67 bits per heavy atom. The predicted octanol–water partition coefficient (Wildman–Crippen LogP) is 1.82. The van der Waals surface area contributed by atoms with E-state index < -0.39 is 0 Å². The first-order valence-electron chi connectivity index (χ1n) is 10.8. The maximum absolute atomic E-state index is 12.0. The number of guanidine groups is 1. The molecule has 0 radical (unpaired) electrons. The van der Waals surface area contributed by atoms with Gasteiger partial charge in [0.05, 0.1) is 12.7 Å². The second-order valence-electron chi connectivity index (χ2n) is 7.46. The highest BCUT2D eigenvalue weighted by Gasteiger charge is 2.17. The number of nitrogens with zero attached hydrogens (tertiary/aromatic N) is 1. The Balaban J connectivity index is 1.52. The van der Waals surface area contributed by atoms with Crippen LogP contribution in [-0.2, 0) is 14.3 Å². The number of ether oxygens (including phenoxy) is 2. The number of rotatable bonds is 11. The molecule has 7 nitrogen and oxygen atoms in total. The molecule has 1 saturated carbocycles. The fourth-order valence-electron chi connectivity index (χ4n) is 3.60. The van der Waals surface area contributed by atoms with Gasteiger partial charge in [0.15, 0.2) is 5.96 Å². The highest BCUT2D eigenvalue weighted by atomic mass is 16.5. The summed E-state index contributed by atoms with van der Waals surface area (Å²) < 4.78 is 11.0. The lowest BCUT2D eigenvalue weighted by Crippen LogP contribution is -2.41. The second kappa shape index (κ2) is 13.8.